The summed E-state index contributed by atoms with van der Waals surface area (Å²) in [6, 6.07) is 4.52. The van der Waals surface area contributed by atoms with Crippen LogP contribution in [0.25, 0.3) is 0 Å². The van der Waals surface area contributed by atoms with Crippen molar-refractivity contribution >= 4 is 34.3 Å². The number of fused-ring (bicyclic) bond motifs is 1. The van der Waals surface area contributed by atoms with E-state index >= 15 is 0 Å². The SMILES string of the molecule is CC(c1ccc(OCC(C)(F)F)c(Cl)c1)N1CC2(C(=N)Cl)C=CC2C1=O. The van der Waals surface area contributed by atoms with Crippen LogP contribution in [0, 0.1) is 16.7 Å². The molecule has 4 nitrogen and oxygen atoms in total. The van der Waals surface area contributed by atoms with E-state index in [-0.39, 0.29) is 27.9 Å². The van der Waals surface area contributed by atoms with Gasteiger partial charge in [-0.2, -0.15) is 0 Å². The molecule has 1 N–H and O–H groups in total. The van der Waals surface area contributed by atoms with E-state index in [0.29, 0.717) is 6.54 Å². The predicted molar refractivity (Wildman–Crippen MR) is 96.3 cm³/mol. The Bertz CT molecular complexity index is 794. The molecule has 1 amide bonds. The van der Waals surface area contributed by atoms with Gasteiger partial charge in [0.2, 0.25) is 5.91 Å². The summed E-state index contributed by atoms with van der Waals surface area (Å²) in [6.45, 7) is 2.18. The molecule has 1 aromatic rings. The maximum absolute atomic E-state index is 12.9. The summed E-state index contributed by atoms with van der Waals surface area (Å²) < 4.78 is 30.9. The molecule has 0 aromatic heterocycles. The van der Waals surface area contributed by atoms with E-state index in [0.717, 1.165) is 12.5 Å². The number of hydrogen-bond acceptors (Lipinski definition) is 3. The third-order valence-electron chi connectivity index (χ3n) is 4.92. The highest BCUT2D eigenvalue weighted by Crippen LogP contribution is 2.50. The van der Waals surface area contributed by atoms with Crippen molar-refractivity contribution in [2.75, 3.05) is 13.2 Å². The summed E-state index contributed by atoms with van der Waals surface area (Å²) in [5.74, 6) is -3.28. The van der Waals surface area contributed by atoms with Crippen LogP contribution in [-0.4, -0.2) is 35.1 Å². The van der Waals surface area contributed by atoms with Gasteiger partial charge in [0.1, 0.15) is 10.9 Å². The van der Waals surface area contributed by atoms with Gasteiger partial charge < -0.3 is 9.64 Å². The lowest BCUT2D eigenvalue weighted by Gasteiger charge is -2.33. The van der Waals surface area contributed by atoms with Crippen molar-refractivity contribution in [2.24, 2.45) is 11.3 Å². The molecule has 3 atom stereocenters. The fraction of sp³-hybridized carbons (Fsp3) is 0.444. The highest BCUT2D eigenvalue weighted by Gasteiger charge is 2.57. The number of nitrogens with zero attached hydrogens (tertiary/aromatic N) is 1. The van der Waals surface area contributed by atoms with Crippen molar-refractivity contribution in [1.82, 2.24) is 4.90 Å². The minimum absolute atomic E-state index is 0.0460. The molecule has 1 aromatic carbocycles. The average Bonchev–Trinajstić information content (AvgIpc) is 2.71. The molecule has 2 aliphatic rings. The van der Waals surface area contributed by atoms with Crippen LogP contribution in [-0.2, 0) is 4.79 Å². The van der Waals surface area contributed by atoms with Gasteiger partial charge >= 0.3 is 0 Å². The molecule has 1 aliphatic carbocycles. The lowest BCUT2D eigenvalue weighted by atomic mass is 9.70. The summed E-state index contributed by atoms with van der Waals surface area (Å²) in [4.78, 5) is 14.3. The molecule has 1 fully saturated rings. The zero-order valence-corrected chi connectivity index (χ0v) is 15.7. The Morgan fingerprint density at radius 2 is 2.23 bits per heavy atom. The van der Waals surface area contributed by atoms with Crippen LogP contribution < -0.4 is 4.74 Å². The van der Waals surface area contributed by atoms with E-state index in [2.05, 4.69) is 0 Å². The minimum atomic E-state index is -2.95. The Morgan fingerprint density at radius 3 is 2.69 bits per heavy atom. The lowest BCUT2D eigenvalue weighted by molar-refractivity contribution is -0.131. The number of carbonyl (C=O) groups excluding carboxylic acids is 1. The third kappa shape index (κ3) is 3.21. The highest BCUT2D eigenvalue weighted by atomic mass is 35.5. The average molecular weight is 403 g/mol. The molecule has 8 heteroatoms. The lowest BCUT2D eigenvalue weighted by Crippen LogP contribution is -2.39. The number of halogens is 4. The van der Waals surface area contributed by atoms with Crippen molar-refractivity contribution in [2.45, 2.75) is 25.8 Å². The van der Waals surface area contributed by atoms with Crippen LogP contribution in [0.3, 0.4) is 0 Å². The van der Waals surface area contributed by atoms with Gasteiger partial charge in [-0.05, 0) is 24.6 Å². The van der Waals surface area contributed by atoms with E-state index in [1.54, 1.807) is 29.2 Å². The quantitative estimate of drug-likeness (QED) is 0.555. The van der Waals surface area contributed by atoms with Gasteiger partial charge in [-0.25, -0.2) is 8.78 Å². The molecule has 0 spiro atoms. The first-order valence-electron chi connectivity index (χ1n) is 8.09. The van der Waals surface area contributed by atoms with Crippen LogP contribution in [0.1, 0.15) is 25.5 Å². The fourth-order valence-corrected chi connectivity index (χ4v) is 3.79. The van der Waals surface area contributed by atoms with Gasteiger partial charge in [0.15, 0.2) is 6.61 Å². The fourth-order valence-electron chi connectivity index (χ4n) is 3.30. The molecule has 0 saturated carbocycles. The smallest absolute Gasteiger partial charge is 0.278 e. The topological polar surface area (TPSA) is 53.4 Å². The molecule has 26 heavy (non-hydrogen) atoms. The molecule has 0 bridgehead atoms. The zero-order chi connectivity index (χ0) is 19.3. The van der Waals surface area contributed by atoms with Gasteiger partial charge in [0.25, 0.3) is 5.92 Å². The molecular formula is C18H18Cl2F2N2O2. The summed E-state index contributed by atoms with van der Waals surface area (Å²) in [7, 11) is 0. The number of rotatable bonds is 6. The summed E-state index contributed by atoms with van der Waals surface area (Å²) in [6.07, 6.45) is 3.56. The van der Waals surface area contributed by atoms with E-state index in [4.69, 9.17) is 33.3 Å². The maximum Gasteiger partial charge on any atom is 0.278 e. The number of amides is 1. The second-order valence-electron chi connectivity index (χ2n) is 6.88. The highest BCUT2D eigenvalue weighted by molar-refractivity contribution is 6.66. The van der Waals surface area contributed by atoms with E-state index in [1.165, 1.54) is 6.07 Å². The van der Waals surface area contributed by atoms with Gasteiger partial charge in [-0.15, -0.1) is 0 Å². The second kappa shape index (κ2) is 6.50. The Balaban J connectivity index is 1.77. The van der Waals surface area contributed by atoms with Crippen molar-refractivity contribution in [1.29, 1.82) is 5.41 Å². The molecule has 3 unspecified atom stereocenters. The Labute approximate surface area is 160 Å². The number of likely N-dealkylation sites (tertiary alicyclic amines) is 1. The Morgan fingerprint density at radius 1 is 1.54 bits per heavy atom. The van der Waals surface area contributed by atoms with E-state index in [1.807, 2.05) is 6.92 Å². The van der Waals surface area contributed by atoms with Gasteiger partial charge in [-0.3, -0.25) is 10.2 Å². The van der Waals surface area contributed by atoms with Crippen molar-refractivity contribution < 1.29 is 18.3 Å². The predicted octanol–water partition coefficient (Wildman–Crippen LogP) is 4.67. The summed E-state index contributed by atoms with van der Waals surface area (Å²) in [5.41, 5.74) is 0.0171. The minimum Gasteiger partial charge on any atom is -0.486 e. The van der Waals surface area contributed by atoms with Crippen LogP contribution in [0.2, 0.25) is 5.02 Å². The Kier molecular flexibility index (Phi) is 4.78. The maximum atomic E-state index is 12.9. The number of ether oxygens (including phenoxy) is 1. The number of nitrogens with one attached hydrogen (secondary N) is 1. The van der Waals surface area contributed by atoms with Crippen LogP contribution in [0.5, 0.6) is 5.75 Å². The van der Waals surface area contributed by atoms with Gasteiger partial charge in [0.05, 0.1) is 22.4 Å². The first-order valence-corrected chi connectivity index (χ1v) is 8.85. The monoisotopic (exact) mass is 402 g/mol. The van der Waals surface area contributed by atoms with Crippen LogP contribution in [0.4, 0.5) is 8.78 Å². The van der Waals surface area contributed by atoms with Gasteiger partial charge in [-0.1, -0.05) is 41.4 Å². The van der Waals surface area contributed by atoms with Crippen molar-refractivity contribution in [3.8, 4) is 5.75 Å². The molecular weight excluding hydrogens is 385 g/mol. The molecule has 140 valence electrons. The van der Waals surface area contributed by atoms with Crippen LogP contribution >= 0.6 is 23.2 Å². The van der Waals surface area contributed by atoms with E-state index in [9.17, 15) is 13.6 Å². The molecule has 0 radical (unpaired) electrons. The van der Waals surface area contributed by atoms with Crippen molar-refractivity contribution in [3.05, 3.63) is 40.9 Å². The zero-order valence-electron chi connectivity index (χ0n) is 14.2. The molecule has 1 saturated heterocycles. The first-order chi connectivity index (χ1) is 12.0. The third-order valence-corrected chi connectivity index (χ3v) is 5.57. The Hall–Kier alpha value is -1.66. The number of alkyl halides is 2. The molecule has 1 heterocycles. The number of benzene rings is 1. The van der Waals surface area contributed by atoms with Gasteiger partial charge in [0, 0.05) is 13.5 Å². The molecule has 1 aliphatic heterocycles. The van der Waals surface area contributed by atoms with Crippen molar-refractivity contribution in [3.63, 3.8) is 0 Å². The van der Waals surface area contributed by atoms with Crippen LogP contribution in [0.15, 0.2) is 30.4 Å². The molecule has 3 rings (SSSR count). The van der Waals surface area contributed by atoms with E-state index < -0.39 is 23.9 Å². The first kappa shape index (κ1) is 19.1. The largest absolute Gasteiger partial charge is 0.486 e. The standard InChI is InChI=1S/C18H18Cl2F2N2O2/c1-10(24-8-18(16(20)23)6-5-12(18)15(24)25)11-3-4-14(13(19)7-11)26-9-17(2,21)22/h3-7,10,12,23H,8-9H2,1-2H3. The summed E-state index contributed by atoms with van der Waals surface area (Å²) >= 11 is 12.1. The normalized spacial score (nSPS) is 25.7. The summed E-state index contributed by atoms with van der Waals surface area (Å²) in [5, 5.41) is 7.94. The number of hydrogen-bond donors (Lipinski definition) is 1. The second-order valence-corrected chi connectivity index (χ2v) is 7.67. The number of carbonyl (C=O) groups is 1.